The van der Waals surface area contributed by atoms with E-state index in [1.807, 2.05) is 6.92 Å². The Morgan fingerprint density at radius 2 is 1.32 bits per heavy atom. The zero-order valence-corrected chi connectivity index (χ0v) is 36.2. The monoisotopic (exact) mass is 839 g/mol. The molecule has 17 nitrogen and oxygen atoms in total. The molecule has 0 bridgehead atoms. The summed E-state index contributed by atoms with van der Waals surface area (Å²) in [5, 5.41) is 26.3. The number of hydrogen-bond donors (Lipinski definition) is 7. The van der Waals surface area contributed by atoms with Gasteiger partial charge in [0.05, 0.1) is 30.5 Å². The molecule has 0 aliphatic carbocycles. The summed E-state index contributed by atoms with van der Waals surface area (Å²) < 4.78 is 12.1. The molecule has 2 aliphatic heterocycles. The second kappa shape index (κ2) is 21.9. The molecule has 0 spiro atoms. The van der Waals surface area contributed by atoms with Crippen LogP contribution in [-0.2, 0) is 49.5 Å². The van der Waals surface area contributed by atoms with E-state index in [1.165, 1.54) is 30.9 Å². The highest BCUT2D eigenvalue weighted by Gasteiger charge is 2.41. The summed E-state index contributed by atoms with van der Waals surface area (Å²) in [7, 11) is 0. The number of ether oxygens (including phenoxy) is 2. The molecular formula is C43H65N7O10. The first-order chi connectivity index (χ1) is 28.2. The Morgan fingerprint density at radius 3 is 1.92 bits per heavy atom. The van der Waals surface area contributed by atoms with Crippen LogP contribution in [-0.4, -0.2) is 131 Å². The molecule has 9 atom stereocenters. The predicted molar refractivity (Wildman–Crippen MR) is 224 cm³/mol. The molecule has 0 saturated carbocycles. The third kappa shape index (κ3) is 13.7. The number of aliphatic hydroxyl groups excluding tert-OH is 1. The van der Waals surface area contributed by atoms with Crippen molar-refractivity contribution in [1.82, 2.24) is 36.8 Å². The highest BCUT2D eigenvalue weighted by atomic mass is 16.5. The van der Waals surface area contributed by atoms with Gasteiger partial charge in [-0.1, -0.05) is 62.8 Å². The zero-order valence-electron chi connectivity index (χ0n) is 36.2. The molecule has 7 amide bonds. The molecule has 2 saturated heterocycles. The van der Waals surface area contributed by atoms with Gasteiger partial charge in [-0.05, 0) is 65.9 Å². The van der Waals surface area contributed by atoms with E-state index in [0.29, 0.717) is 18.4 Å². The molecule has 332 valence electrons. The number of nitrogens with one attached hydrogen (secondary N) is 6. The second-order valence-electron chi connectivity index (χ2n) is 16.6. The van der Waals surface area contributed by atoms with Crippen molar-refractivity contribution in [3.8, 4) is 0 Å². The summed E-state index contributed by atoms with van der Waals surface area (Å²) in [6, 6.07) is -0.346. The molecule has 0 radical (unpaired) electrons. The minimum absolute atomic E-state index is 0.0119. The Morgan fingerprint density at radius 1 is 0.767 bits per heavy atom. The lowest BCUT2D eigenvalue weighted by Gasteiger charge is -2.33. The van der Waals surface area contributed by atoms with Crippen LogP contribution in [0.2, 0.25) is 0 Å². The van der Waals surface area contributed by atoms with Crippen LogP contribution in [0.25, 0.3) is 0 Å². The molecule has 17 heteroatoms. The minimum Gasteiger partial charge on any atom is -0.394 e. The van der Waals surface area contributed by atoms with E-state index in [2.05, 4.69) is 45.1 Å². The van der Waals surface area contributed by atoms with Crippen molar-refractivity contribution in [2.45, 2.75) is 141 Å². The van der Waals surface area contributed by atoms with E-state index in [9.17, 15) is 38.7 Å². The summed E-state index contributed by atoms with van der Waals surface area (Å²) in [5.41, 5.74) is -1.29. The summed E-state index contributed by atoms with van der Waals surface area (Å²) in [6.45, 7) is 19.8. The molecule has 1 aromatic rings. The van der Waals surface area contributed by atoms with Crippen LogP contribution >= 0.6 is 0 Å². The Balaban J connectivity index is 2.16. The average Bonchev–Trinajstić information content (AvgIpc) is 3.71. The number of amides is 7. The number of carbonyl (C=O) groups excluding carboxylic acids is 7. The van der Waals surface area contributed by atoms with Gasteiger partial charge in [0.25, 0.3) is 0 Å². The van der Waals surface area contributed by atoms with Gasteiger partial charge in [0.15, 0.2) is 0 Å². The van der Waals surface area contributed by atoms with Crippen molar-refractivity contribution in [2.24, 2.45) is 5.92 Å². The van der Waals surface area contributed by atoms with Gasteiger partial charge in [-0.2, -0.15) is 0 Å². The topological polar surface area (TPSA) is 234 Å². The van der Waals surface area contributed by atoms with E-state index in [1.54, 1.807) is 65.0 Å². The average molecular weight is 840 g/mol. The molecule has 7 N–H and O–H groups in total. The number of nitrogens with zero attached hydrogens (tertiary/aromatic N) is 1. The number of benzene rings is 1. The molecule has 0 unspecified atom stereocenters. The first kappa shape index (κ1) is 49.2. The van der Waals surface area contributed by atoms with E-state index < -0.39 is 120 Å². The first-order valence-electron chi connectivity index (χ1n) is 20.5. The second-order valence-corrected chi connectivity index (χ2v) is 16.6. The van der Waals surface area contributed by atoms with Gasteiger partial charge in [0.2, 0.25) is 41.4 Å². The van der Waals surface area contributed by atoms with Gasteiger partial charge in [-0.15, -0.1) is 13.2 Å². The van der Waals surface area contributed by atoms with Crippen molar-refractivity contribution in [1.29, 1.82) is 0 Å². The maximum atomic E-state index is 14.3. The third-order valence-electron chi connectivity index (χ3n) is 10.9. The van der Waals surface area contributed by atoms with Crippen LogP contribution in [0.5, 0.6) is 0 Å². The smallest absolute Gasteiger partial charge is 0.245 e. The first-order valence-corrected chi connectivity index (χ1v) is 20.5. The van der Waals surface area contributed by atoms with Crippen LogP contribution < -0.4 is 31.9 Å². The zero-order chi connectivity index (χ0) is 44.9. The van der Waals surface area contributed by atoms with Gasteiger partial charge in [0, 0.05) is 13.0 Å². The summed E-state index contributed by atoms with van der Waals surface area (Å²) in [6.07, 6.45) is 3.10. The summed E-state index contributed by atoms with van der Waals surface area (Å²) >= 11 is 0. The van der Waals surface area contributed by atoms with Crippen LogP contribution in [0.3, 0.4) is 0 Å². The number of hydrogen-bond acceptors (Lipinski definition) is 10. The van der Waals surface area contributed by atoms with Crippen molar-refractivity contribution >= 4 is 41.4 Å². The van der Waals surface area contributed by atoms with E-state index in [-0.39, 0.29) is 19.4 Å². The van der Waals surface area contributed by atoms with E-state index >= 15 is 0 Å². The fourth-order valence-electron chi connectivity index (χ4n) is 6.71. The van der Waals surface area contributed by atoms with Crippen LogP contribution in [0, 0.1) is 5.92 Å². The molecule has 2 heterocycles. The third-order valence-corrected chi connectivity index (χ3v) is 10.9. The highest BCUT2D eigenvalue weighted by Crippen LogP contribution is 2.21. The van der Waals surface area contributed by atoms with Crippen molar-refractivity contribution in [3.05, 3.63) is 61.2 Å². The molecular weight excluding hydrogens is 775 g/mol. The Hall–Kier alpha value is -5.13. The fourth-order valence-corrected chi connectivity index (χ4v) is 6.71. The Bertz CT molecular complexity index is 1720. The number of fused-ring (bicyclic) bond motifs is 1. The quantitative estimate of drug-likeness (QED) is 0.136. The van der Waals surface area contributed by atoms with Gasteiger partial charge in [-0.3, -0.25) is 33.6 Å². The van der Waals surface area contributed by atoms with Crippen LogP contribution in [0.4, 0.5) is 0 Å². The standard InChI is InChI=1S/C43H65N7O10/c1-11-25(4)33-39(56)44-26(5)41(58)50-21-17-20-32(50)38(55)45-29(22-28-18-15-14-16-19-28)35(52)46-30(23-51)36(53)49-34(27(6)60-43(9,10)13-3)40(57)47-31(37(54)48-33)24-59-42(7,8)12-2/h12-16,18-19,25-27,29-34,51H,2-3,11,17,20-24H2,1,4-10H3,(H,44,56)(H,45,55)(H,46,52)(H,47,57)(H,48,54)(H,49,53)/t25-,26-,27+,29-,30+,31-,32-,33-,34-/m0/s1. The van der Waals surface area contributed by atoms with Crippen molar-refractivity contribution in [2.75, 3.05) is 19.8 Å². The number of carbonyl (C=O) groups is 7. The minimum atomic E-state index is -1.62. The lowest BCUT2D eigenvalue weighted by Crippen LogP contribution is -2.63. The van der Waals surface area contributed by atoms with Gasteiger partial charge in [0.1, 0.15) is 42.3 Å². The van der Waals surface area contributed by atoms with E-state index in [4.69, 9.17) is 9.47 Å². The lowest BCUT2D eigenvalue weighted by molar-refractivity contribution is -0.142. The SMILES string of the molecule is C=CC(C)(C)OC[C@@H]1NC(=O)[C@H]([C@@H](C)OC(C)(C)C=C)NC(=O)[C@@H](CO)NC(=O)[C@H](Cc2ccccc2)NC(=O)[C@@H]2CCCN2C(=O)[C@H](C)NC(=O)[C@H]([C@@H](C)CC)NC1=O. The largest absolute Gasteiger partial charge is 0.394 e. The summed E-state index contributed by atoms with van der Waals surface area (Å²) in [4.78, 5) is 99.5. The maximum Gasteiger partial charge on any atom is 0.245 e. The molecule has 2 fully saturated rings. The molecule has 1 aromatic carbocycles. The lowest BCUT2D eigenvalue weighted by atomic mass is 9.97. The number of aliphatic hydroxyl groups is 1. The van der Waals surface area contributed by atoms with Crippen LogP contribution in [0.15, 0.2) is 55.6 Å². The van der Waals surface area contributed by atoms with Crippen molar-refractivity contribution in [3.63, 3.8) is 0 Å². The molecule has 60 heavy (non-hydrogen) atoms. The van der Waals surface area contributed by atoms with Gasteiger partial charge >= 0.3 is 0 Å². The van der Waals surface area contributed by atoms with Crippen LogP contribution in [0.1, 0.15) is 80.2 Å². The van der Waals surface area contributed by atoms with E-state index in [0.717, 1.165) is 0 Å². The predicted octanol–water partition coefficient (Wildman–Crippen LogP) is 0.552. The Labute approximate surface area is 353 Å². The highest BCUT2D eigenvalue weighted by molar-refractivity contribution is 5.99. The molecule has 3 rings (SSSR count). The fraction of sp³-hybridized carbons (Fsp3) is 0.605. The maximum absolute atomic E-state index is 14.3. The normalized spacial score (nSPS) is 26.8. The Kier molecular flexibility index (Phi) is 18.0. The van der Waals surface area contributed by atoms with Gasteiger partial charge < -0.3 is 51.4 Å². The molecule has 2 aliphatic rings. The summed E-state index contributed by atoms with van der Waals surface area (Å²) in [5.74, 6) is -5.80. The number of rotatable bonds is 13. The van der Waals surface area contributed by atoms with Gasteiger partial charge in [-0.25, -0.2) is 0 Å². The van der Waals surface area contributed by atoms with Crippen molar-refractivity contribution < 1.29 is 48.1 Å². The molecule has 0 aromatic heterocycles.